The van der Waals surface area contributed by atoms with E-state index in [4.69, 9.17) is 0 Å². The Hall–Kier alpha value is -3.22. The van der Waals surface area contributed by atoms with Crippen LogP contribution in [0.4, 0.5) is 4.39 Å². The molecule has 0 aliphatic rings. The zero-order chi connectivity index (χ0) is 18.0. The maximum atomic E-state index is 13.1. The Labute approximate surface area is 143 Å². The summed E-state index contributed by atoms with van der Waals surface area (Å²) in [6.45, 7) is 3.74. The first-order valence-electron chi connectivity index (χ1n) is 7.71. The van der Waals surface area contributed by atoms with Gasteiger partial charge in [-0.2, -0.15) is 0 Å². The van der Waals surface area contributed by atoms with E-state index >= 15 is 0 Å². The Morgan fingerprint density at radius 1 is 1.28 bits per heavy atom. The molecular formula is C18H17FN4O2. The van der Waals surface area contributed by atoms with E-state index in [0.717, 1.165) is 11.3 Å². The molecule has 0 radical (unpaired) electrons. The van der Waals surface area contributed by atoms with Crippen LogP contribution in [-0.2, 0) is 6.54 Å². The lowest BCUT2D eigenvalue weighted by Gasteiger charge is -2.10. The highest BCUT2D eigenvalue weighted by Crippen LogP contribution is 2.12. The van der Waals surface area contributed by atoms with E-state index in [9.17, 15) is 14.0 Å². The summed E-state index contributed by atoms with van der Waals surface area (Å²) in [6, 6.07) is 7.59. The van der Waals surface area contributed by atoms with E-state index in [-0.39, 0.29) is 23.8 Å². The standard InChI is InChI=1S/C18H17FN4O2/c1-11-7-12(2)22-17(24)15(11)8-21-18(25)16-9-20-10-23(16)14-5-3-13(19)4-6-14/h3-7,9-10H,8H2,1-2H3,(H,21,25)(H,22,24). The third-order valence-corrected chi connectivity index (χ3v) is 3.90. The van der Waals surface area contributed by atoms with Gasteiger partial charge in [0.05, 0.1) is 12.5 Å². The molecule has 2 N–H and O–H groups in total. The third kappa shape index (κ3) is 3.50. The molecule has 0 fully saturated rings. The summed E-state index contributed by atoms with van der Waals surface area (Å²) in [5.74, 6) is -0.731. The van der Waals surface area contributed by atoms with Gasteiger partial charge in [-0.3, -0.25) is 14.2 Å². The summed E-state index contributed by atoms with van der Waals surface area (Å²) in [5, 5.41) is 2.73. The second-order valence-corrected chi connectivity index (χ2v) is 5.75. The fraction of sp³-hybridized carbons (Fsp3) is 0.167. The number of nitrogens with one attached hydrogen (secondary N) is 2. The van der Waals surface area contributed by atoms with Crippen molar-refractivity contribution < 1.29 is 9.18 Å². The van der Waals surface area contributed by atoms with Gasteiger partial charge in [0.2, 0.25) is 0 Å². The van der Waals surface area contributed by atoms with E-state index in [1.165, 1.54) is 24.7 Å². The number of pyridine rings is 1. The van der Waals surface area contributed by atoms with E-state index in [1.54, 1.807) is 23.6 Å². The maximum Gasteiger partial charge on any atom is 0.270 e. The zero-order valence-corrected chi connectivity index (χ0v) is 13.8. The molecule has 0 spiro atoms. The van der Waals surface area contributed by atoms with Crippen LogP contribution >= 0.6 is 0 Å². The molecular weight excluding hydrogens is 323 g/mol. The van der Waals surface area contributed by atoms with Crippen molar-refractivity contribution in [3.8, 4) is 5.69 Å². The molecule has 25 heavy (non-hydrogen) atoms. The van der Waals surface area contributed by atoms with Crippen molar-refractivity contribution in [2.75, 3.05) is 0 Å². The Morgan fingerprint density at radius 2 is 2.00 bits per heavy atom. The van der Waals surface area contributed by atoms with Gasteiger partial charge in [0.25, 0.3) is 11.5 Å². The monoisotopic (exact) mass is 340 g/mol. The van der Waals surface area contributed by atoms with Crippen LogP contribution in [-0.4, -0.2) is 20.4 Å². The second-order valence-electron chi connectivity index (χ2n) is 5.75. The number of aromatic nitrogens is 3. The lowest BCUT2D eigenvalue weighted by molar-refractivity contribution is 0.0944. The SMILES string of the molecule is Cc1cc(C)c(CNC(=O)c2cncn2-c2ccc(F)cc2)c(=O)[nH]1. The van der Waals surface area contributed by atoms with Crippen LogP contribution in [0.1, 0.15) is 27.3 Å². The Morgan fingerprint density at radius 3 is 2.68 bits per heavy atom. The molecule has 2 heterocycles. The molecule has 0 atom stereocenters. The van der Waals surface area contributed by atoms with Crippen molar-refractivity contribution in [2.45, 2.75) is 20.4 Å². The van der Waals surface area contributed by atoms with Crippen LogP contribution in [0.15, 0.2) is 47.7 Å². The first kappa shape index (κ1) is 16.6. The number of halogens is 1. The largest absolute Gasteiger partial charge is 0.346 e. The molecule has 1 amide bonds. The molecule has 0 bridgehead atoms. The average molecular weight is 340 g/mol. The molecule has 2 aromatic heterocycles. The highest BCUT2D eigenvalue weighted by atomic mass is 19.1. The molecule has 0 aliphatic heterocycles. The average Bonchev–Trinajstić information content (AvgIpc) is 3.04. The summed E-state index contributed by atoms with van der Waals surface area (Å²) >= 11 is 0. The van der Waals surface area contributed by atoms with Gasteiger partial charge < -0.3 is 10.3 Å². The normalized spacial score (nSPS) is 10.7. The second kappa shape index (κ2) is 6.72. The van der Waals surface area contributed by atoms with Gasteiger partial charge in [-0.25, -0.2) is 9.37 Å². The van der Waals surface area contributed by atoms with Crippen LogP contribution in [0, 0.1) is 19.7 Å². The van der Waals surface area contributed by atoms with Crippen LogP contribution in [0.5, 0.6) is 0 Å². The molecule has 0 unspecified atom stereocenters. The van der Waals surface area contributed by atoms with Crippen molar-refractivity contribution in [3.05, 3.63) is 81.5 Å². The number of amides is 1. The molecule has 0 saturated carbocycles. The molecule has 3 rings (SSSR count). The summed E-state index contributed by atoms with van der Waals surface area (Å²) in [5.41, 5.74) is 2.79. The van der Waals surface area contributed by atoms with E-state index in [1.807, 2.05) is 13.0 Å². The summed E-state index contributed by atoms with van der Waals surface area (Å²) in [7, 11) is 0. The number of carbonyl (C=O) groups excluding carboxylic acids is 1. The molecule has 0 saturated heterocycles. The Balaban J connectivity index is 1.81. The number of hydrogen-bond donors (Lipinski definition) is 2. The number of H-pyrrole nitrogens is 1. The lowest BCUT2D eigenvalue weighted by Crippen LogP contribution is -2.29. The molecule has 0 aliphatic carbocycles. The molecule has 6 nitrogen and oxygen atoms in total. The summed E-state index contributed by atoms with van der Waals surface area (Å²) in [4.78, 5) is 31.2. The Kier molecular flexibility index (Phi) is 4.47. The van der Waals surface area contributed by atoms with Gasteiger partial charge in [-0.1, -0.05) is 0 Å². The quantitative estimate of drug-likeness (QED) is 0.764. The van der Waals surface area contributed by atoms with Gasteiger partial charge in [-0.15, -0.1) is 0 Å². The topological polar surface area (TPSA) is 79.8 Å². The van der Waals surface area contributed by atoms with Crippen LogP contribution in [0.25, 0.3) is 5.69 Å². The van der Waals surface area contributed by atoms with Crippen molar-refractivity contribution in [3.63, 3.8) is 0 Å². The van der Waals surface area contributed by atoms with Crippen LogP contribution in [0.2, 0.25) is 0 Å². The fourth-order valence-electron chi connectivity index (χ4n) is 2.63. The van der Waals surface area contributed by atoms with Gasteiger partial charge >= 0.3 is 0 Å². The van der Waals surface area contributed by atoms with E-state index in [0.29, 0.717) is 16.9 Å². The van der Waals surface area contributed by atoms with Crippen molar-refractivity contribution in [1.29, 1.82) is 0 Å². The number of imidazole rings is 1. The van der Waals surface area contributed by atoms with Gasteiger partial charge in [-0.05, 0) is 49.7 Å². The summed E-state index contributed by atoms with van der Waals surface area (Å²) in [6.07, 6.45) is 2.90. The molecule has 1 aromatic carbocycles. The molecule has 128 valence electrons. The number of hydrogen-bond acceptors (Lipinski definition) is 3. The van der Waals surface area contributed by atoms with Gasteiger partial charge in [0.15, 0.2) is 0 Å². The van der Waals surface area contributed by atoms with Crippen molar-refractivity contribution >= 4 is 5.91 Å². The third-order valence-electron chi connectivity index (χ3n) is 3.90. The minimum absolute atomic E-state index is 0.106. The van der Waals surface area contributed by atoms with Crippen LogP contribution < -0.4 is 10.9 Å². The highest BCUT2D eigenvalue weighted by molar-refractivity contribution is 5.92. The fourth-order valence-corrected chi connectivity index (χ4v) is 2.63. The van der Waals surface area contributed by atoms with Crippen LogP contribution in [0.3, 0.4) is 0 Å². The zero-order valence-electron chi connectivity index (χ0n) is 13.8. The number of carbonyl (C=O) groups is 1. The lowest BCUT2D eigenvalue weighted by atomic mass is 10.1. The van der Waals surface area contributed by atoms with Gasteiger partial charge in [0, 0.05) is 23.5 Å². The number of aryl methyl sites for hydroxylation is 2. The number of benzene rings is 1. The van der Waals surface area contributed by atoms with Crippen molar-refractivity contribution in [1.82, 2.24) is 19.9 Å². The maximum absolute atomic E-state index is 13.1. The van der Waals surface area contributed by atoms with Gasteiger partial charge in [0.1, 0.15) is 11.5 Å². The predicted molar refractivity (Wildman–Crippen MR) is 91.2 cm³/mol. The molecule has 7 heteroatoms. The number of rotatable bonds is 4. The highest BCUT2D eigenvalue weighted by Gasteiger charge is 2.14. The smallest absolute Gasteiger partial charge is 0.270 e. The predicted octanol–water partition coefficient (Wildman–Crippen LogP) is 2.25. The molecule has 3 aromatic rings. The number of aromatic amines is 1. The minimum Gasteiger partial charge on any atom is -0.346 e. The minimum atomic E-state index is -0.374. The van der Waals surface area contributed by atoms with E-state index < -0.39 is 0 Å². The Bertz CT molecular complexity index is 973. The van der Waals surface area contributed by atoms with Crippen molar-refractivity contribution in [2.24, 2.45) is 0 Å². The number of nitrogens with zero attached hydrogens (tertiary/aromatic N) is 2. The summed E-state index contributed by atoms with van der Waals surface area (Å²) < 4.78 is 14.6. The first-order valence-corrected chi connectivity index (χ1v) is 7.71. The van der Waals surface area contributed by atoms with E-state index in [2.05, 4.69) is 15.3 Å². The first-order chi connectivity index (χ1) is 12.0.